The first-order valence-corrected chi connectivity index (χ1v) is 6.66. The van der Waals surface area contributed by atoms with E-state index in [1.807, 2.05) is 0 Å². The molecule has 0 saturated heterocycles. The lowest BCUT2D eigenvalue weighted by Gasteiger charge is -2.03. The van der Waals surface area contributed by atoms with Crippen molar-refractivity contribution in [1.29, 1.82) is 5.41 Å². The maximum atomic E-state index is 10.9. The van der Waals surface area contributed by atoms with Crippen molar-refractivity contribution < 1.29 is 19.8 Å². The summed E-state index contributed by atoms with van der Waals surface area (Å²) in [7, 11) is 0. The first-order chi connectivity index (χ1) is 11.0. The molecule has 0 amide bonds. The standard InChI is InChI=1S/C17H14N2O4/c18-15(11-3-1-4-12(9-11)16(20)21)7-8-19-14-6-2-5-13(10-14)17(22)23/h1-10,18-19H,(H,20,21)(H,22,23)/b8-7-,18-15?. The molecule has 0 aliphatic carbocycles. The van der Waals surface area contributed by atoms with Crippen molar-refractivity contribution in [2.24, 2.45) is 0 Å². The topological polar surface area (TPSA) is 110 Å². The Morgan fingerprint density at radius 3 is 2.13 bits per heavy atom. The Labute approximate surface area is 132 Å². The molecule has 0 heterocycles. The summed E-state index contributed by atoms with van der Waals surface area (Å²) >= 11 is 0. The molecule has 0 aliphatic rings. The molecule has 6 nitrogen and oxygen atoms in total. The van der Waals surface area contributed by atoms with Gasteiger partial charge < -0.3 is 20.9 Å². The normalized spacial score (nSPS) is 10.4. The summed E-state index contributed by atoms with van der Waals surface area (Å²) in [4.78, 5) is 21.8. The number of hydrogen-bond donors (Lipinski definition) is 4. The molecule has 0 bridgehead atoms. The summed E-state index contributed by atoms with van der Waals surface area (Å²) in [5, 5.41) is 28.7. The molecule has 0 fully saturated rings. The van der Waals surface area contributed by atoms with Crippen molar-refractivity contribution in [3.05, 3.63) is 77.5 Å². The Kier molecular flexibility index (Phi) is 4.89. The molecule has 0 radical (unpaired) electrons. The predicted molar refractivity (Wildman–Crippen MR) is 86.4 cm³/mol. The van der Waals surface area contributed by atoms with Crippen LogP contribution in [0.4, 0.5) is 5.69 Å². The van der Waals surface area contributed by atoms with E-state index in [1.165, 1.54) is 36.5 Å². The molecule has 23 heavy (non-hydrogen) atoms. The van der Waals surface area contributed by atoms with Gasteiger partial charge in [-0.3, -0.25) is 0 Å². The molecular weight excluding hydrogens is 296 g/mol. The number of carbonyl (C=O) groups is 2. The second-order valence-electron chi connectivity index (χ2n) is 4.66. The van der Waals surface area contributed by atoms with Crippen LogP contribution >= 0.6 is 0 Å². The minimum atomic E-state index is -1.05. The van der Waals surface area contributed by atoms with Crippen molar-refractivity contribution in [2.75, 3.05) is 5.32 Å². The van der Waals surface area contributed by atoms with Gasteiger partial charge in [0.2, 0.25) is 0 Å². The number of benzene rings is 2. The fraction of sp³-hybridized carbons (Fsp3) is 0. The lowest BCUT2D eigenvalue weighted by atomic mass is 10.1. The van der Waals surface area contributed by atoms with Gasteiger partial charge >= 0.3 is 11.9 Å². The molecule has 0 aliphatic heterocycles. The van der Waals surface area contributed by atoms with E-state index in [-0.39, 0.29) is 16.8 Å². The maximum Gasteiger partial charge on any atom is 0.335 e. The van der Waals surface area contributed by atoms with Gasteiger partial charge in [-0.2, -0.15) is 0 Å². The van der Waals surface area contributed by atoms with Gasteiger partial charge in [0.15, 0.2) is 0 Å². The highest BCUT2D eigenvalue weighted by Crippen LogP contribution is 2.11. The van der Waals surface area contributed by atoms with Gasteiger partial charge in [0.05, 0.1) is 16.8 Å². The van der Waals surface area contributed by atoms with Crippen LogP contribution in [0.1, 0.15) is 26.3 Å². The van der Waals surface area contributed by atoms with Crippen LogP contribution in [0.2, 0.25) is 0 Å². The largest absolute Gasteiger partial charge is 0.478 e. The highest BCUT2D eigenvalue weighted by atomic mass is 16.4. The van der Waals surface area contributed by atoms with Crippen molar-refractivity contribution in [2.45, 2.75) is 0 Å². The molecule has 6 heteroatoms. The Bertz CT molecular complexity index is 797. The van der Waals surface area contributed by atoms with Gasteiger partial charge in [-0.15, -0.1) is 0 Å². The molecule has 2 rings (SSSR count). The molecule has 2 aromatic carbocycles. The van der Waals surface area contributed by atoms with E-state index in [2.05, 4.69) is 5.32 Å². The second kappa shape index (κ2) is 7.04. The van der Waals surface area contributed by atoms with E-state index in [9.17, 15) is 9.59 Å². The summed E-state index contributed by atoms with van der Waals surface area (Å²) in [5.74, 6) is -2.07. The minimum absolute atomic E-state index is 0.114. The molecule has 4 N–H and O–H groups in total. The maximum absolute atomic E-state index is 10.9. The Morgan fingerprint density at radius 1 is 0.913 bits per heavy atom. The van der Waals surface area contributed by atoms with Crippen molar-refractivity contribution >= 4 is 23.3 Å². The third kappa shape index (κ3) is 4.28. The number of nitrogens with one attached hydrogen (secondary N) is 2. The van der Waals surface area contributed by atoms with Gasteiger partial charge in [-0.1, -0.05) is 18.2 Å². The number of carboxylic acid groups (broad SMARTS) is 2. The fourth-order valence-electron chi connectivity index (χ4n) is 1.88. The number of hydrogen-bond acceptors (Lipinski definition) is 4. The Morgan fingerprint density at radius 2 is 1.48 bits per heavy atom. The van der Waals surface area contributed by atoms with E-state index < -0.39 is 11.9 Å². The van der Waals surface area contributed by atoms with Crippen LogP contribution in [0.5, 0.6) is 0 Å². The van der Waals surface area contributed by atoms with Crippen LogP contribution in [0.25, 0.3) is 0 Å². The number of aromatic carboxylic acids is 2. The molecule has 116 valence electrons. The zero-order valence-corrected chi connectivity index (χ0v) is 12.0. The SMILES string of the molecule is N=C(/C=C\Nc1cccc(C(=O)O)c1)c1cccc(C(=O)O)c1. The smallest absolute Gasteiger partial charge is 0.335 e. The average Bonchev–Trinajstić information content (AvgIpc) is 2.55. The number of anilines is 1. The van der Waals surface area contributed by atoms with E-state index in [0.29, 0.717) is 11.3 Å². The summed E-state index contributed by atoms with van der Waals surface area (Å²) in [6.07, 6.45) is 2.96. The van der Waals surface area contributed by atoms with Gasteiger partial charge in [-0.25, -0.2) is 9.59 Å². The van der Waals surface area contributed by atoms with Crippen LogP contribution in [0.3, 0.4) is 0 Å². The van der Waals surface area contributed by atoms with Crippen LogP contribution in [0.15, 0.2) is 60.8 Å². The summed E-state index contributed by atoms with van der Waals surface area (Å²) in [6, 6.07) is 12.4. The highest BCUT2D eigenvalue weighted by Gasteiger charge is 2.05. The number of allylic oxidation sites excluding steroid dienone is 1. The highest BCUT2D eigenvalue weighted by molar-refractivity contribution is 6.07. The molecule has 0 atom stereocenters. The lowest BCUT2D eigenvalue weighted by molar-refractivity contribution is 0.0686. The van der Waals surface area contributed by atoms with Crippen LogP contribution in [-0.2, 0) is 0 Å². The molecule has 0 saturated carbocycles. The van der Waals surface area contributed by atoms with Gasteiger partial charge in [0.1, 0.15) is 0 Å². The zero-order valence-electron chi connectivity index (χ0n) is 12.0. The monoisotopic (exact) mass is 310 g/mol. The van der Waals surface area contributed by atoms with Crippen LogP contribution in [-0.4, -0.2) is 27.9 Å². The predicted octanol–water partition coefficient (Wildman–Crippen LogP) is 3.08. The zero-order chi connectivity index (χ0) is 16.8. The molecule has 0 aromatic heterocycles. The molecule has 0 unspecified atom stereocenters. The minimum Gasteiger partial charge on any atom is -0.478 e. The first-order valence-electron chi connectivity index (χ1n) is 6.66. The molecule has 2 aromatic rings. The second-order valence-corrected chi connectivity index (χ2v) is 4.66. The third-order valence-corrected chi connectivity index (χ3v) is 3.03. The Hall–Kier alpha value is -3.41. The Balaban J connectivity index is 2.07. The van der Waals surface area contributed by atoms with Gasteiger partial charge in [0.25, 0.3) is 0 Å². The van der Waals surface area contributed by atoms with Crippen LogP contribution in [0, 0.1) is 5.41 Å². The summed E-state index contributed by atoms with van der Waals surface area (Å²) in [6.45, 7) is 0. The van der Waals surface area contributed by atoms with E-state index >= 15 is 0 Å². The van der Waals surface area contributed by atoms with Crippen molar-refractivity contribution in [1.82, 2.24) is 0 Å². The van der Waals surface area contributed by atoms with E-state index in [4.69, 9.17) is 15.6 Å². The first kappa shape index (κ1) is 16.0. The van der Waals surface area contributed by atoms with Crippen molar-refractivity contribution in [3.8, 4) is 0 Å². The van der Waals surface area contributed by atoms with E-state index in [1.54, 1.807) is 24.3 Å². The van der Waals surface area contributed by atoms with Crippen molar-refractivity contribution in [3.63, 3.8) is 0 Å². The van der Waals surface area contributed by atoms with Crippen LogP contribution < -0.4 is 5.32 Å². The average molecular weight is 310 g/mol. The number of rotatable bonds is 6. The van der Waals surface area contributed by atoms with Gasteiger partial charge in [-0.05, 0) is 36.4 Å². The molecular formula is C17H14N2O4. The summed E-state index contributed by atoms with van der Waals surface area (Å²) < 4.78 is 0. The summed E-state index contributed by atoms with van der Waals surface area (Å²) in [5.41, 5.74) is 1.46. The van der Waals surface area contributed by atoms with Gasteiger partial charge in [0, 0.05) is 17.5 Å². The van der Waals surface area contributed by atoms with E-state index in [0.717, 1.165) is 0 Å². The fourth-order valence-corrected chi connectivity index (χ4v) is 1.88. The number of carboxylic acids is 2. The quantitative estimate of drug-likeness (QED) is 0.613. The molecule has 0 spiro atoms. The lowest BCUT2D eigenvalue weighted by Crippen LogP contribution is -2.01. The third-order valence-electron chi connectivity index (χ3n) is 3.03.